The van der Waals surface area contributed by atoms with Crippen molar-refractivity contribution in [3.63, 3.8) is 0 Å². The smallest absolute Gasteiger partial charge is 0.256 e. The van der Waals surface area contributed by atoms with Gasteiger partial charge in [-0.25, -0.2) is 0 Å². The number of amides is 1. The van der Waals surface area contributed by atoms with Crippen LogP contribution in [-0.2, 0) is 0 Å². The first-order chi connectivity index (χ1) is 9.52. The lowest BCUT2D eigenvalue weighted by Gasteiger charge is -2.13. The summed E-state index contributed by atoms with van der Waals surface area (Å²) in [6.45, 7) is 0. The van der Waals surface area contributed by atoms with E-state index in [1.807, 2.05) is 12.1 Å². The fraction of sp³-hybridized carbons (Fsp3) is 0.0714. The summed E-state index contributed by atoms with van der Waals surface area (Å²) < 4.78 is 6.05. The summed E-state index contributed by atoms with van der Waals surface area (Å²) in [7, 11) is 1.49. The van der Waals surface area contributed by atoms with Crippen molar-refractivity contribution in [1.82, 2.24) is 0 Å². The summed E-state index contributed by atoms with van der Waals surface area (Å²) in [5.41, 5.74) is 7.15. The second-order valence-corrected chi connectivity index (χ2v) is 5.58. The van der Waals surface area contributed by atoms with Gasteiger partial charge in [-0.15, -0.1) is 0 Å². The maximum atomic E-state index is 12.3. The molecule has 0 fully saturated rings. The number of halogens is 2. The monoisotopic (exact) mass is 402 g/mol. The molecule has 0 aliphatic rings. The van der Waals surface area contributed by atoms with Crippen LogP contribution in [0.5, 0.6) is 5.75 Å². The third-order valence-corrected chi connectivity index (χ3v) is 3.89. The Bertz CT molecular complexity index is 662. The van der Waals surface area contributed by atoms with Crippen molar-refractivity contribution >= 4 is 51.5 Å². The van der Waals surface area contributed by atoms with Crippen molar-refractivity contribution < 1.29 is 9.53 Å². The molecule has 0 saturated carbocycles. The second-order valence-electron chi connectivity index (χ2n) is 4.01. The van der Waals surface area contributed by atoms with Gasteiger partial charge >= 0.3 is 0 Å². The quantitative estimate of drug-likeness (QED) is 0.606. The van der Waals surface area contributed by atoms with E-state index in [0.29, 0.717) is 27.7 Å². The van der Waals surface area contributed by atoms with Gasteiger partial charge in [0.1, 0.15) is 11.4 Å². The second kappa shape index (κ2) is 6.32. The largest absolute Gasteiger partial charge is 0.494 e. The van der Waals surface area contributed by atoms with Crippen LogP contribution in [0.25, 0.3) is 0 Å². The average Bonchev–Trinajstić information content (AvgIpc) is 2.41. The average molecular weight is 403 g/mol. The number of nitrogens with two attached hydrogens (primary N) is 1. The summed E-state index contributed by atoms with van der Waals surface area (Å²) in [5.74, 6) is 0.175. The van der Waals surface area contributed by atoms with Gasteiger partial charge in [0, 0.05) is 15.3 Å². The van der Waals surface area contributed by atoms with Crippen molar-refractivity contribution in [3.8, 4) is 5.75 Å². The maximum Gasteiger partial charge on any atom is 0.256 e. The number of nitrogens with one attached hydrogen (secondary N) is 1. The Morgan fingerprint density at radius 1 is 1.35 bits per heavy atom. The number of methoxy groups -OCH3 is 1. The topological polar surface area (TPSA) is 64.3 Å². The number of benzene rings is 2. The van der Waals surface area contributed by atoms with Crippen LogP contribution in [0, 0.1) is 3.57 Å². The molecule has 0 aromatic heterocycles. The van der Waals surface area contributed by atoms with Crippen LogP contribution in [-0.4, -0.2) is 13.0 Å². The Hall–Kier alpha value is -1.47. The molecular weight excluding hydrogens is 391 g/mol. The lowest BCUT2D eigenvalue weighted by atomic mass is 10.2. The molecule has 0 atom stereocenters. The molecule has 0 aliphatic heterocycles. The Morgan fingerprint density at radius 3 is 2.70 bits per heavy atom. The first kappa shape index (κ1) is 14.9. The molecule has 2 aromatic rings. The van der Waals surface area contributed by atoms with Gasteiger partial charge in [-0.2, -0.15) is 0 Å². The van der Waals surface area contributed by atoms with Gasteiger partial charge in [0.2, 0.25) is 0 Å². The molecule has 104 valence electrons. The summed E-state index contributed by atoms with van der Waals surface area (Å²) in [4.78, 5) is 12.3. The molecule has 2 aromatic carbocycles. The number of hydrogen-bond acceptors (Lipinski definition) is 3. The van der Waals surface area contributed by atoms with Crippen LogP contribution in [0.15, 0.2) is 36.4 Å². The maximum absolute atomic E-state index is 12.3. The van der Waals surface area contributed by atoms with Gasteiger partial charge in [0.15, 0.2) is 0 Å². The number of ether oxygens (including phenoxy) is 1. The van der Waals surface area contributed by atoms with Crippen molar-refractivity contribution in [1.29, 1.82) is 0 Å². The number of nitrogen functional groups attached to an aromatic ring is 1. The highest BCUT2D eigenvalue weighted by molar-refractivity contribution is 14.1. The standard InChI is InChI=1S/C14H12ClIN2O2/c1-20-12-7-8(17)6-10(15)13(12)18-14(19)9-4-2-3-5-11(9)16/h2-7H,17H2,1H3,(H,18,19). The Balaban J connectivity index is 2.35. The van der Waals surface area contributed by atoms with Gasteiger partial charge < -0.3 is 15.8 Å². The summed E-state index contributed by atoms with van der Waals surface area (Å²) in [5, 5.41) is 3.09. The Morgan fingerprint density at radius 2 is 2.05 bits per heavy atom. The minimum absolute atomic E-state index is 0.250. The fourth-order valence-corrected chi connectivity index (χ4v) is 2.61. The van der Waals surface area contributed by atoms with Gasteiger partial charge in [-0.1, -0.05) is 23.7 Å². The van der Waals surface area contributed by atoms with Crippen molar-refractivity contribution in [3.05, 3.63) is 50.6 Å². The SMILES string of the molecule is COc1cc(N)cc(Cl)c1NC(=O)c1ccccc1I. The van der Waals surface area contributed by atoms with Gasteiger partial charge in [-0.3, -0.25) is 4.79 Å². The molecule has 0 radical (unpaired) electrons. The summed E-state index contributed by atoms with van der Waals surface area (Å²) in [6, 6.07) is 10.5. The highest BCUT2D eigenvalue weighted by Crippen LogP contribution is 2.35. The number of rotatable bonds is 3. The Kier molecular flexibility index (Phi) is 4.72. The predicted molar refractivity (Wildman–Crippen MR) is 89.5 cm³/mol. The van der Waals surface area contributed by atoms with E-state index >= 15 is 0 Å². The highest BCUT2D eigenvalue weighted by Gasteiger charge is 2.15. The molecule has 0 aliphatic carbocycles. The fourth-order valence-electron chi connectivity index (χ4n) is 1.71. The molecule has 0 saturated heterocycles. The minimum atomic E-state index is -0.250. The van der Waals surface area contributed by atoms with Crippen LogP contribution in [0.1, 0.15) is 10.4 Å². The molecule has 1 amide bonds. The van der Waals surface area contributed by atoms with Gasteiger partial charge in [0.25, 0.3) is 5.91 Å². The summed E-state index contributed by atoms with van der Waals surface area (Å²) >= 11 is 8.21. The first-order valence-electron chi connectivity index (χ1n) is 5.72. The number of carbonyl (C=O) groups is 1. The van der Waals surface area contributed by atoms with Crippen LogP contribution >= 0.6 is 34.2 Å². The van der Waals surface area contributed by atoms with E-state index in [1.54, 1.807) is 24.3 Å². The minimum Gasteiger partial charge on any atom is -0.494 e. The zero-order valence-electron chi connectivity index (χ0n) is 10.6. The number of carbonyl (C=O) groups excluding carboxylic acids is 1. The Labute approximate surface area is 135 Å². The van der Waals surface area contributed by atoms with E-state index in [-0.39, 0.29) is 5.91 Å². The van der Waals surface area contributed by atoms with Crippen LogP contribution in [0.4, 0.5) is 11.4 Å². The molecule has 0 spiro atoms. The predicted octanol–water partition coefficient (Wildman–Crippen LogP) is 3.79. The van der Waals surface area contributed by atoms with E-state index in [0.717, 1.165) is 3.57 Å². The summed E-state index contributed by atoms with van der Waals surface area (Å²) in [6.07, 6.45) is 0. The molecule has 2 rings (SSSR count). The number of hydrogen-bond donors (Lipinski definition) is 2. The molecule has 0 unspecified atom stereocenters. The molecular formula is C14H12ClIN2O2. The van der Waals surface area contributed by atoms with E-state index in [9.17, 15) is 4.79 Å². The van der Waals surface area contributed by atoms with Crippen molar-refractivity contribution in [2.75, 3.05) is 18.2 Å². The molecule has 0 heterocycles. The van der Waals surface area contributed by atoms with E-state index in [2.05, 4.69) is 27.9 Å². The lowest BCUT2D eigenvalue weighted by Crippen LogP contribution is -2.14. The van der Waals surface area contributed by atoms with Crippen molar-refractivity contribution in [2.24, 2.45) is 0 Å². The third kappa shape index (κ3) is 3.16. The zero-order chi connectivity index (χ0) is 14.7. The highest BCUT2D eigenvalue weighted by atomic mass is 127. The third-order valence-electron chi connectivity index (χ3n) is 2.65. The van der Waals surface area contributed by atoms with E-state index in [4.69, 9.17) is 22.1 Å². The molecule has 4 nitrogen and oxygen atoms in total. The zero-order valence-corrected chi connectivity index (χ0v) is 13.5. The molecule has 0 bridgehead atoms. The van der Waals surface area contributed by atoms with E-state index in [1.165, 1.54) is 7.11 Å². The normalized spacial score (nSPS) is 10.2. The first-order valence-corrected chi connectivity index (χ1v) is 7.17. The van der Waals surface area contributed by atoms with Crippen LogP contribution in [0.3, 0.4) is 0 Å². The van der Waals surface area contributed by atoms with E-state index < -0.39 is 0 Å². The van der Waals surface area contributed by atoms with Gasteiger partial charge in [0.05, 0.1) is 17.7 Å². The van der Waals surface area contributed by atoms with Crippen LogP contribution < -0.4 is 15.8 Å². The van der Waals surface area contributed by atoms with Crippen LogP contribution in [0.2, 0.25) is 5.02 Å². The lowest BCUT2D eigenvalue weighted by molar-refractivity contribution is 0.102. The molecule has 6 heteroatoms. The van der Waals surface area contributed by atoms with Gasteiger partial charge in [-0.05, 0) is 40.8 Å². The molecule has 3 N–H and O–H groups in total. The van der Waals surface area contributed by atoms with Crippen molar-refractivity contribution in [2.45, 2.75) is 0 Å². The molecule has 20 heavy (non-hydrogen) atoms. The number of anilines is 2.